The van der Waals surface area contributed by atoms with Crippen LogP contribution in [0, 0.1) is 0 Å². The molecule has 0 amide bonds. The maximum absolute atomic E-state index is 5.43. The van der Waals surface area contributed by atoms with E-state index in [1.54, 1.807) is 12.5 Å². The van der Waals surface area contributed by atoms with Gasteiger partial charge in [0.2, 0.25) is 0 Å². The number of furan rings is 2. The van der Waals surface area contributed by atoms with Gasteiger partial charge in [-0.3, -0.25) is 0 Å². The monoisotopic (exact) mass is 264 g/mol. The Labute approximate surface area is 89.7 Å². The molecule has 0 N–H and O–H groups in total. The van der Waals surface area contributed by atoms with Gasteiger partial charge in [0.25, 0.3) is 0 Å². The average Bonchev–Trinajstić information content (AvgIpc) is 2.97. The van der Waals surface area contributed by atoms with Crippen molar-refractivity contribution in [2.24, 2.45) is 0 Å². The van der Waals surface area contributed by atoms with E-state index in [1.165, 1.54) is 0 Å². The van der Waals surface area contributed by atoms with E-state index in [-0.39, 0.29) is 15.0 Å². The van der Waals surface area contributed by atoms with Gasteiger partial charge in [-0.05, 0) is 0 Å². The Morgan fingerprint density at radius 1 is 0.867 bits per heavy atom. The second-order valence-electron chi connectivity index (χ2n) is 3.29. The first-order chi connectivity index (χ1) is 7.45. The van der Waals surface area contributed by atoms with Crippen LogP contribution in [0.4, 0.5) is 0 Å². The van der Waals surface area contributed by atoms with Crippen LogP contribution in [0.2, 0.25) is 0 Å². The predicted molar refractivity (Wildman–Crippen MR) is 56.0 cm³/mol. The molecule has 4 rings (SSSR count). The summed E-state index contributed by atoms with van der Waals surface area (Å²) in [5.41, 5.74) is 3.44. The molecule has 1 aromatic carbocycles. The van der Waals surface area contributed by atoms with Gasteiger partial charge in [-0.25, -0.2) is 0 Å². The Balaban J connectivity index is 2.56. The molecule has 0 aliphatic rings. The first-order valence-electron chi connectivity index (χ1n) is 4.44. The van der Waals surface area contributed by atoms with Crippen LogP contribution in [0.3, 0.4) is 0 Å². The van der Waals surface area contributed by atoms with E-state index in [0.29, 0.717) is 0 Å². The Hall–Kier alpha value is -1.58. The number of hydrogen-bond acceptors (Lipinski definition) is 4. The van der Waals surface area contributed by atoms with E-state index >= 15 is 0 Å². The fourth-order valence-electron chi connectivity index (χ4n) is 1.89. The summed E-state index contributed by atoms with van der Waals surface area (Å²) in [6, 6.07) is 3.83. The second kappa shape index (κ2) is 2.51. The molecule has 4 aromatic rings. The summed E-state index contributed by atoms with van der Waals surface area (Å²) < 4.78 is 19.7. The van der Waals surface area contributed by atoms with Crippen LogP contribution in [-0.2, 0) is 0 Å². The van der Waals surface area contributed by atoms with Gasteiger partial charge in [-0.1, -0.05) is 0 Å². The number of rotatable bonds is 0. The van der Waals surface area contributed by atoms with Crippen LogP contribution < -0.4 is 0 Å². The Kier molecular flexibility index (Phi) is 1.28. The van der Waals surface area contributed by atoms with Gasteiger partial charge < -0.3 is 0 Å². The van der Waals surface area contributed by atoms with Gasteiger partial charge in [0.15, 0.2) is 0 Å². The SMILES string of the molecule is c1cc2c3n[se]nc3c3ccoc3c2o1. The summed E-state index contributed by atoms with van der Waals surface area (Å²) >= 11 is -0.0297. The molecule has 72 valence electrons. The van der Waals surface area contributed by atoms with Crippen molar-refractivity contribution in [2.45, 2.75) is 0 Å². The molecule has 0 aliphatic carbocycles. The van der Waals surface area contributed by atoms with Crippen molar-refractivity contribution in [3.63, 3.8) is 0 Å². The molecule has 0 spiro atoms. The van der Waals surface area contributed by atoms with Crippen molar-refractivity contribution < 1.29 is 8.83 Å². The molecule has 0 aliphatic heterocycles. The number of benzene rings is 1. The second-order valence-corrected chi connectivity index (χ2v) is 4.40. The molecule has 0 atom stereocenters. The summed E-state index contributed by atoms with van der Waals surface area (Å²) in [7, 11) is 0. The van der Waals surface area contributed by atoms with Gasteiger partial charge >= 0.3 is 89.4 Å². The minimum atomic E-state index is -0.0297. The van der Waals surface area contributed by atoms with Gasteiger partial charge in [-0.15, -0.1) is 0 Å². The number of nitrogens with zero attached hydrogens (tertiary/aromatic N) is 2. The molecule has 0 saturated carbocycles. The third-order valence-electron chi connectivity index (χ3n) is 2.54. The zero-order chi connectivity index (χ0) is 9.83. The molecular formula is C10H4N2O2Se. The van der Waals surface area contributed by atoms with E-state index in [2.05, 4.69) is 7.96 Å². The van der Waals surface area contributed by atoms with Crippen molar-refractivity contribution >= 4 is 47.9 Å². The maximum atomic E-state index is 5.43. The van der Waals surface area contributed by atoms with E-state index in [9.17, 15) is 0 Å². The molecule has 0 saturated heterocycles. The Bertz CT molecular complexity index is 585. The normalized spacial score (nSPS) is 12.0. The molecule has 0 bridgehead atoms. The zero-order valence-corrected chi connectivity index (χ0v) is 9.14. The average molecular weight is 263 g/mol. The van der Waals surface area contributed by atoms with Gasteiger partial charge in [0, 0.05) is 0 Å². The number of aromatic nitrogens is 2. The Morgan fingerprint density at radius 2 is 1.40 bits per heavy atom. The van der Waals surface area contributed by atoms with Crippen molar-refractivity contribution in [3.05, 3.63) is 24.7 Å². The first-order valence-corrected chi connectivity index (χ1v) is 5.97. The van der Waals surface area contributed by atoms with E-state index < -0.39 is 0 Å². The molecule has 0 unspecified atom stereocenters. The van der Waals surface area contributed by atoms with Crippen molar-refractivity contribution in [3.8, 4) is 0 Å². The fraction of sp³-hybridized carbons (Fsp3) is 0. The zero-order valence-electron chi connectivity index (χ0n) is 7.43. The molecule has 4 nitrogen and oxygen atoms in total. The molecule has 0 fully saturated rings. The van der Waals surface area contributed by atoms with E-state index in [1.807, 2.05) is 12.1 Å². The van der Waals surface area contributed by atoms with E-state index in [0.717, 1.165) is 33.0 Å². The van der Waals surface area contributed by atoms with Gasteiger partial charge in [-0.2, -0.15) is 0 Å². The van der Waals surface area contributed by atoms with Crippen molar-refractivity contribution in [2.75, 3.05) is 0 Å². The molecule has 5 heteroatoms. The summed E-state index contributed by atoms with van der Waals surface area (Å²) in [5.74, 6) is 0. The molecule has 3 heterocycles. The topological polar surface area (TPSA) is 52.1 Å². The Morgan fingerprint density at radius 3 is 1.93 bits per heavy atom. The van der Waals surface area contributed by atoms with Crippen LogP contribution in [0.15, 0.2) is 33.5 Å². The quantitative estimate of drug-likeness (QED) is 0.456. The van der Waals surface area contributed by atoms with Crippen LogP contribution in [0.1, 0.15) is 0 Å². The molecule has 0 radical (unpaired) electrons. The third kappa shape index (κ3) is 0.825. The summed E-state index contributed by atoms with van der Waals surface area (Å²) in [6.07, 6.45) is 3.32. The predicted octanol–water partition coefficient (Wildman–Crippen LogP) is 2.18. The fourth-order valence-corrected chi connectivity index (χ4v) is 3.09. The molecular weight excluding hydrogens is 259 g/mol. The summed E-state index contributed by atoms with van der Waals surface area (Å²) in [6.45, 7) is 0. The molecule has 15 heavy (non-hydrogen) atoms. The standard InChI is InChI=1S/C10H4N2O2Se/c1-3-13-9-5(1)7-8(12-15-11-7)6-2-4-14-10(6)9/h1-4H. The van der Waals surface area contributed by atoms with E-state index in [4.69, 9.17) is 8.83 Å². The summed E-state index contributed by atoms with van der Waals surface area (Å²) in [4.78, 5) is 0. The minimum absolute atomic E-state index is 0.0297. The van der Waals surface area contributed by atoms with Crippen LogP contribution in [0.5, 0.6) is 0 Å². The third-order valence-corrected chi connectivity index (χ3v) is 3.64. The van der Waals surface area contributed by atoms with Crippen molar-refractivity contribution in [1.82, 2.24) is 7.96 Å². The van der Waals surface area contributed by atoms with Crippen LogP contribution in [-0.4, -0.2) is 22.9 Å². The summed E-state index contributed by atoms with van der Waals surface area (Å²) in [5, 5.41) is 1.99. The van der Waals surface area contributed by atoms with Crippen molar-refractivity contribution in [1.29, 1.82) is 0 Å². The number of hydrogen-bond donors (Lipinski definition) is 0. The van der Waals surface area contributed by atoms with Gasteiger partial charge in [0.1, 0.15) is 0 Å². The van der Waals surface area contributed by atoms with Gasteiger partial charge in [0.05, 0.1) is 0 Å². The first kappa shape index (κ1) is 7.68. The molecule has 3 aromatic heterocycles. The van der Waals surface area contributed by atoms with Crippen LogP contribution >= 0.6 is 0 Å². The number of fused-ring (bicyclic) bond motifs is 6. The van der Waals surface area contributed by atoms with Crippen LogP contribution in [0.25, 0.3) is 33.0 Å².